The average molecular weight is 260 g/mol. The summed E-state index contributed by atoms with van der Waals surface area (Å²) in [6.07, 6.45) is 8.09. The first kappa shape index (κ1) is 13.5. The number of carbonyl (C=O) groups is 1. The lowest BCUT2D eigenvalue weighted by Gasteiger charge is -2.03. The van der Waals surface area contributed by atoms with Gasteiger partial charge < -0.3 is 15.0 Å². The lowest BCUT2D eigenvalue weighted by atomic mass is 10.2. The molecule has 1 aliphatic rings. The number of aromatic amines is 1. The quantitative estimate of drug-likeness (QED) is 0.773. The largest absolute Gasteiger partial charge is 0.494 e. The van der Waals surface area contributed by atoms with Crippen molar-refractivity contribution in [1.29, 1.82) is 0 Å². The fraction of sp³-hybridized carbons (Fsp3) is 0.400. The van der Waals surface area contributed by atoms with Gasteiger partial charge in [-0.1, -0.05) is 19.8 Å². The Hall–Kier alpha value is -1.97. The third kappa shape index (κ3) is 3.50. The van der Waals surface area contributed by atoms with Crippen LogP contribution >= 0.6 is 0 Å². The summed E-state index contributed by atoms with van der Waals surface area (Å²) < 4.78 is 5.15. The van der Waals surface area contributed by atoms with E-state index in [0.717, 1.165) is 12.1 Å². The Balaban J connectivity index is 2.03. The highest BCUT2D eigenvalue weighted by atomic mass is 16.5. The molecule has 0 aromatic carbocycles. The van der Waals surface area contributed by atoms with Gasteiger partial charge >= 0.3 is 0 Å². The lowest BCUT2D eigenvalue weighted by molar-refractivity contribution is -0.115. The van der Waals surface area contributed by atoms with Gasteiger partial charge in [0.15, 0.2) is 0 Å². The van der Waals surface area contributed by atoms with E-state index in [1.807, 2.05) is 12.1 Å². The molecule has 19 heavy (non-hydrogen) atoms. The van der Waals surface area contributed by atoms with Gasteiger partial charge in [-0.15, -0.1) is 0 Å². The summed E-state index contributed by atoms with van der Waals surface area (Å²) >= 11 is 0. The number of hydrogen-bond donors (Lipinski definition) is 2. The molecule has 1 aromatic heterocycles. The standard InChI is InChI=1S/C15H20N2O2/c1-3-4-5-6-11-7-8-12(16-11)9-13-14(19-2)10-15(18)17-13/h7-10,16H,3-6H2,1-2H3,(H,17,18)/b13-9-. The molecular weight excluding hydrogens is 240 g/mol. The summed E-state index contributed by atoms with van der Waals surface area (Å²) in [7, 11) is 1.56. The molecule has 0 spiro atoms. The predicted molar refractivity (Wildman–Crippen MR) is 75.2 cm³/mol. The maximum absolute atomic E-state index is 11.3. The number of carbonyl (C=O) groups excluding carboxylic acids is 1. The Morgan fingerprint density at radius 3 is 2.89 bits per heavy atom. The minimum atomic E-state index is -0.141. The number of ether oxygens (including phenoxy) is 1. The van der Waals surface area contributed by atoms with E-state index in [-0.39, 0.29) is 5.91 Å². The SMILES string of the molecule is CCCCCc1ccc(/C=C2\NC(=O)C=C2OC)[nH]1. The van der Waals surface area contributed by atoms with Crippen LogP contribution in [-0.4, -0.2) is 18.0 Å². The van der Waals surface area contributed by atoms with Crippen molar-refractivity contribution in [2.45, 2.75) is 32.6 Å². The molecule has 2 N–H and O–H groups in total. The minimum absolute atomic E-state index is 0.141. The highest BCUT2D eigenvalue weighted by Gasteiger charge is 2.17. The van der Waals surface area contributed by atoms with Crippen molar-refractivity contribution in [3.05, 3.63) is 41.1 Å². The average Bonchev–Trinajstić information content (AvgIpc) is 2.97. The smallest absolute Gasteiger partial charge is 0.252 e. The number of methoxy groups -OCH3 is 1. The molecule has 1 aromatic rings. The van der Waals surface area contributed by atoms with Crippen molar-refractivity contribution >= 4 is 12.0 Å². The molecule has 2 rings (SSSR count). The number of hydrogen-bond acceptors (Lipinski definition) is 2. The number of amides is 1. The van der Waals surface area contributed by atoms with Gasteiger partial charge in [-0.3, -0.25) is 4.79 Å². The molecule has 0 saturated heterocycles. The van der Waals surface area contributed by atoms with Gasteiger partial charge in [0.2, 0.25) is 0 Å². The van der Waals surface area contributed by atoms with Gasteiger partial charge in [-0.05, 0) is 31.1 Å². The third-order valence-electron chi connectivity index (χ3n) is 3.12. The van der Waals surface area contributed by atoms with Crippen molar-refractivity contribution < 1.29 is 9.53 Å². The molecule has 0 unspecified atom stereocenters. The highest BCUT2D eigenvalue weighted by Crippen LogP contribution is 2.17. The summed E-state index contributed by atoms with van der Waals surface area (Å²) in [5, 5.41) is 2.75. The first-order chi connectivity index (χ1) is 9.22. The molecule has 1 amide bonds. The Morgan fingerprint density at radius 1 is 1.32 bits per heavy atom. The second-order valence-electron chi connectivity index (χ2n) is 4.66. The minimum Gasteiger partial charge on any atom is -0.494 e. The lowest BCUT2D eigenvalue weighted by Crippen LogP contribution is -2.13. The first-order valence-corrected chi connectivity index (χ1v) is 6.69. The van der Waals surface area contributed by atoms with Gasteiger partial charge in [0.25, 0.3) is 5.91 Å². The molecule has 102 valence electrons. The number of rotatable bonds is 6. The summed E-state index contributed by atoms with van der Waals surface area (Å²) in [6.45, 7) is 2.20. The molecule has 2 heterocycles. The van der Waals surface area contributed by atoms with Crippen LogP contribution in [0.1, 0.15) is 37.6 Å². The van der Waals surface area contributed by atoms with E-state index in [4.69, 9.17) is 4.74 Å². The summed E-state index contributed by atoms with van der Waals surface area (Å²) in [4.78, 5) is 14.6. The van der Waals surface area contributed by atoms with E-state index in [1.54, 1.807) is 7.11 Å². The number of nitrogens with one attached hydrogen (secondary N) is 2. The van der Waals surface area contributed by atoms with Gasteiger partial charge in [-0.2, -0.15) is 0 Å². The van der Waals surface area contributed by atoms with Crippen molar-refractivity contribution in [3.63, 3.8) is 0 Å². The number of aromatic nitrogens is 1. The van der Waals surface area contributed by atoms with Gasteiger partial charge in [0, 0.05) is 17.5 Å². The van der Waals surface area contributed by atoms with Crippen LogP contribution in [0.4, 0.5) is 0 Å². The Kier molecular flexibility index (Phi) is 4.44. The van der Waals surface area contributed by atoms with E-state index < -0.39 is 0 Å². The molecule has 0 bridgehead atoms. The molecule has 0 fully saturated rings. The monoisotopic (exact) mass is 260 g/mol. The Labute approximate surface area is 113 Å². The summed E-state index contributed by atoms with van der Waals surface area (Å²) in [5.74, 6) is 0.435. The van der Waals surface area contributed by atoms with Crippen molar-refractivity contribution in [2.24, 2.45) is 0 Å². The number of aryl methyl sites for hydroxylation is 1. The summed E-state index contributed by atoms with van der Waals surface area (Å²) in [5.41, 5.74) is 2.91. The number of H-pyrrole nitrogens is 1. The van der Waals surface area contributed by atoms with Crippen LogP contribution < -0.4 is 5.32 Å². The molecule has 0 saturated carbocycles. The van der Waals surface area contributed by atoms with Crippen LogP contribution in [0.25, 0.3) is 6.08 Å². The summed E-state index contributed by atoms with van der Waals surface area (Å²) in [6, 6.07) is 4.11. The van der Waals surface area contributed by atoms with E-state index >= 15 is 0 Å². The van der Waals surface area contributed by atoms with Crippen LogP contribution in [0.2, 0.25) is 0 Å². The molecule has 4 nitrogen and oxygen atoms in total. The van der Waals surface area contributed by atoms with Gasteiger partial charge in [0.05, 0.1) is 12.8 Å². The van der Waals surface area contributed by atoms with Crippen LogP contribution in [0.3, 0.4) is 0 Å². The molecule has 0 atom stereocenters. The maximum Gasteiger partial charge on any atom is 0.252 e. The van der Waals surface area contributed by atoms with E-state index in [9.17, 15) is 4.79 Å². The molecule has 0 aliphatic carbocycles. The van der Waals surface area contributed by atoms with E-state index in [2.05, 4.69) is 23.3 Å². The van der Waals surface area contributed by atoms with Gasteiger partial charge in [-0.25, -0.2) is 0 Å². The van der Waals surface area contributed by atoms with Crippen molar-refractivity contribution in [2.75, 3.05) is 7.11 Å². The maximum atomic E-state index is 11.3. The molecule has 1 aliphatic heterocycles. The fourth-order valence-corrected chi connectivity index (χ4v) is 2.11. The molecule has 4 heteroatoms. The van der Waals surface area contributed by atoms with Crippen LogP contribution in [0, 0.1) is 0 Å². The van der Waals surface area contributed by atoms with Crippen molar-refractivity contribution in [3.8, 4) is 0 Å². The highest BCUT2D eigenvalue weighted by molar-refractivity contribution is 5.95. The molecular formula is C15H20N2O2. The Bertz CT molecular complexity index is 512. The zero-order chi connectivity index (χ0) is 13.7. The Morgan fingerprint density at radius 2 is 2.16 bits per heavy atom. The zero-order valence-electron chi connectivity index (χ0n) is 11.5. The molecule has 0 radical (unpaired) electrons. The first-order valence-electron chi connectivity index (χ1n) is 6.69. The number of unbranched alkanes of at least 4 members (excludes halogenated alkanes) is 2. The second kappa shape index (κ2) is 6.27. The third-order valence-corrected chi connectivity index (χ3v) is 3.12. The van der Waals surface area contributed by atoms with Gasteiger partial charge in [0.1, 0.15) is 5.76 Å². The normalized spacial score (nSPS) is 16.6. The fourth-order valence-electron chi connectivity index (χ4n) is 2.11. The topological polar surface area (TPSA) is 54.1 Å². The zero-order valence-corrected chi connectivity index (χ0v) is 11.5. The predicted octanol–water partition coefficient (Wildman–Crippen LogP) is 2.75. The van der Waals surface area contributed by atoms with Crippen LogP contribution in [0.5, 0.6) is 0 Å². The van der Waals surface area contributed by atoms with Crippen LogP contribution in [0.15, 0.2) is 29.7 Å². The second-order valence-corrected chi connectivity index (χ2v) is 4.66. The van der Waals surface area contributed by atoms with E-state index in [0.29, 0.717) is 11.5 Å². The van der Waals surface area contributed by atoms with Crippen LogP contribution in [-0.2, 0) is 16.0 Å². The van der Waals surface area contributed by atoms with Crippen molar-refractivity contribution in [1.82, 2.24) is 10.3 Å². The van der Waals surface area contributed by atoms with E-state index in [1.165, 1.54) is 31.0 Å².